The third-order valence-corrected chi connectivity index (χ3v) is 4.88. The van der Waals surface area contributed by atoms with Gasteiger partial charge < -0.3 is 4.57 Å². The van der Waals surface area contributed by atoms with Gasteiger partial charge in [0.2, 0.25) is 0 Å². The summed E-state index contributed by atoms with van der Waals surface area (Å²) in [6.45, 7) is 4.38. The SMILES string of the molecule is C#CCC1CCC(n2c(C(C)C)nc3cnc(Cl)cc32)CC1. The van der Waals surface area contributed by atoms with Crippen molar-refractivity contribution in [3.63, 3.8) is 0 Å². The molecule has 22 heavy (non-hydrogen) atoms. The number of nitrogens with zero attached hydrogens (tertiary/aromatic N) is 3. The van der Waals surface area contributed by atoms with E-state index in [1.54, 1.807) is 6.20 Å². The van der Waals surface area contributed by atoms with Gasteiger partial charge in [0.25, 0.3) is 0 Å². The van der Waals surface area contributed by atoms with Crippen molar-refractivity contribution in [3.8, 4) is 12.3 Å². The number of imidazole rings is 1. The van der Waals surface area contributed by atoms with Crippen molar-refractivity contribution in [2.24, 2.45) is 5.92 Å². The molecule has 0 aliphatic heterocycles. The highest BCUT2D eigenvalue weighted by Gasteiger charge is 2.26. The number of aromatic nitrogens is 3. The van der Waals surface area contributed by atoms with Crippen LogP contribution in [0.1, 0.15) is 63.7 Å². The predicted octanol–water partition coefficient (Wildman–Crippen LogP) is 4.96. The van der Waals surface area contributed by atoms with E-state index in [2.05, 4.69) is 29.3 Å². The summed E-state index contributed by atoms with van der Waals surface area (Å²) in [6, 6.07) is 2.44. The molecule has 4 heteroatoms. The lowest BCUT2D eigenvalue weighted by atomic mass is 9.84. The molecule has 1 fully saturated rings. The molecule has 3 rings (SSSR count). The van der Waals surface area contributed by atoms with Gasteiger partial charge in [-0.1, -0.05) is 25.4 Å². The molecule has 2 aromatic rings. The molecule has 2 heterocycles. The number of rotatable bonds is 3. The van der Waals surface area contributed by atoms with E-state index < -0.39 is 0 Å². The van der Waals surface area contributed by atoms with Crippen LogP contribution in [-0.2, 0) is 0 Å². The number of hydrogen-bond acceptors (Lipinski definition) is 2. The molecule has 0 amide bonds. The molecule has 1 aliphatic rings. The van der Waals surface area contributed by atoms with Gasteiger partial charge in [-0.05, 0) is 31.6 Å². The second kappa shape index (κ2) is 6.30. The molecule has 0 bridgehead atoms. The van der Waals surface area contributed by atoms with Crippen LogP contribution in [0.15, 0.2) is 12.3 Å². The monoisotopic (exact) mass is 315 g/mol. The van der Waals surface area contributed by atoms with Crippen LogP contribution in [0.2, 0.25) is 5.15 Å². The zero-order chi connectivity index (χ0) is 15.7. The summed E-state index contributed by atoms with van der Waals surface area (Å²) in [6.07, 6.45) is 12.9. The number of terminal acetylenes is 1. The molecule has 0 saturated heterocycles. The van der Waals surface area contributed by atoms with Crippen molar-refractivity contribution in [2.45, 2.75) is 57.9 Å². The normalized spacial score (nSPS) is 22.1. The fraction of sp³-hybridized carbons (Fsp3) is 0.556. The Kier molecular flexibility index (Phi) is 4.40. The Morgan fingerprint density at radius 2 is 2.09 bits per heavy atom. The van der Waals surface area contributed by atoms with Gasteiger partial charge >= 0.3 is 0 Å². The Balaban J connectivity index is 1.97. The zero-order valence-corrected chi connectivity index (χ0v) is 14.0. The first kappa shape index (κ1) is 15.4. The summed E-state index contributed by atoms with van der Waals surface area (Å²) in [4.78, 5) is 8.96. The molecule has 1 saturated carbocycles. The third kappa shape index (κ3) is 2.85. The fourth-order valence-electron chi connectivity index (χ4n) is 3.56. The first-order chi connectivity index (χ1) is 10.6. The lowest BCUT2D eigenvalue weighted by Crippen LogP contribution is -2.20. The summed E-state index contributed by atoms with van der Waals surface area (Å²) in [5.41, 5.74) is 2.06. The zero-order valence-electron chi connectivity index (χ0n) is 13.2. The van der Waals surface area contributed by atoms with Crippen molar-refractivity contribution in [3.05, 3.63) is 23.2 Å². The maximum Gasteiger partial charge on any atom is 0.131 e. The van der Waals surface area contributed by atoms with E-state index in [4.69, 9.17) is 23.0 Å². The van der Waals surface area contributed by atoms with E-state index >= 15 is 0 Å². The molecule has 0 radical (unpaired) electrons. The van der Waals surface area contributed by atoms with E-state index in [1.165, 1.54) is 12.8 Å². The number of pyridine rings is 1. The van der Waals surface area contributed by atoms with Crippen LogP contribution in [0.3, 0.4) is 0 Å². The van der Waals surface area contributed by atoms with Crippen molar-refractivity contribution in [2.75, 3.05) is 0 Å². The van der Waals surface area contributed by atoms with Gasteiger partial charge in [-0.15, -0.1) is 12.3 Å². The Labute approximate surface area is 137 Å². The minimum atomic E-state index is 0.384. The summed E-state index contributed by atoms with van der Waals surface area (Å²) in [7, 11) is 0. The highest BCUT2D eigenvalue weighted by atomic mass is 35.5. The lowest BCUT2D eigenvalue weighted by Gasteiger charge is -2.30. The maximum atomic E-state index is 6.11. The van der Waals surface area contributed by atoms with Gasteiger partial charge in [0.05, 0.1) is 11.7 Å². The van der Waals surface area contributed by atoms with Crippen LogP contribution in [-0.4, -0.2) is 14.5 Å². The van der Waals surface area contributed by atoms with Crippen LogP contribution < -0.4 is 0 Å². The largest absolute Gasteiger partial charge is 0.325 e. The van der Waals surface area contributed by atoms with Crippen LogP contribution >= 0.6 is 11.6 Å². The van der Waals surface area contributed by atoms with Gasteiger partial charge in [0.15, 0.2) is 0 Å². The second-order valence-corrected chi connectivity index (χ2v) is 6.96. The minimum Gasteiger partial charge on any atom is -0.325 e. The van der Waals surface area contributed by atoms with Crippen LogP contribution in [0.5, 0.6) is 0 Å². The maximum absolute atomic E-state index is 6.11. The van der Waals surface area contributed by atoms with E-state index in [1.807, 2.05) is 6.07 Å². The predicted molar refractivity (Wildman–Crippen MR) is 91.1 cm³/mol. The van der Waals surface area contributed by atoms with Crippen LogP contribution in [0.25, 0.3) is 11.0 Å². The smallest absolute Gasteiger partial charge is 0.131 e. The fourth-order valence-corrected chi connectivity index (χ4v) is 3.71. The van der Waals surface area contributed by atoms with Crippen molar-refractivity contribution in [1.29, 1.82) is 0 Å². The minimum absolute atomic E-state index is 0.384. The van der Waals surface area contributed by atoms with Gasteiger partial charge in [0, 0.05) is 24.4 Å². The molecule has 0 N–H and O–H groups in total. The molecule has 0 aromatic carbocycles. The van der Waals surface area contributed by atoms with Gasteiger partial charge in [-0.25, -0.2) is 9.97 Å². The van der Waals surface area contributed by atoms with Crippen molar-refractivity contribution < 1.29 is 0 Å². The highest BCUT2D eigenvalue weighted by molar-refractivity contribution is 6.29. The van der Waals surface area contributed by atoms with E-state index in [0.29, 0.717) is 23.0 Å². The van der Waals surface area contributed by atoms with Crippen molar-refractivity contribution in [1.82, 2.24) is 14.5 Å². The number of hydrogen-bond donors (Lipinski definition) is 0. The second-order valence-electron chi connectivity index (χ2n) is 6.57. The molecular weight excluding hydrogens is 294 g/mol. The summed E-state index contributed by atoms with van der Waals surface area (Å²) in [5.74, 6) is 5.02. The Morgan fingerprint density at radius 3 is 2.73 bits per heavy atom. The molecule has 0 atom stereocenters. The molecule has 0 unspecified atom stereocenters. The molecule has 0 spiro atoms. The van der Waals surface area contributed by atoms with Gasteiger partial charge in [-0.2, -0.15) is 0 Å². The first-order valence-electron chi connectivity index (χ1n) is 8.07. The lowest BCUT2D eigenvalue weighted by molar-refractivity contribution is 0.277. The number of halogens is 1. The standard InChI is InChI=1S/C18H22ClN3/c1-4-5-13-6-8-14(9-7-13)22-16-10-17(19)20-11-15(16)21-18(22)12(2)3/h1,10-14H,5-9H2,2-3H3. The molecule has 116 valence electrons. The van der Waals surface area contributed by atoms with Crippen LogP contribution in [0.4, 0.5) is 0 Å². The van der Waals surface area contributed by atoms with E-state index in [9.17, 15) is 0 Å². The van der Waals surface area contributed by atoms with Gasteiger partial charge in [-0.3, -0.25) is 0 Å². The first-order valence-corrected chi connectivity index (χ1v) is 8.44. The van der Waals surface area contributed by atoms with Crippen LogP contribution in [0, 0.1) is 18.3 Å². The van der Waals surface area contributed by atoms with E-state index in [-0.39, 0.29) is 0 Å². The average molecular weight is 316 g/mol. The van der Waals surface area contributed by atoms with Crippen molar-refractivity contribution >= 4 is 22.6 Å². The Morgan fingerprint density at radius 1 is 1.36 bits per heavy atom. The Hall–Kier alpha value is -1.53. The van der Waals surface area contributed by atoms with E-state index in [0.717, 1.165) is 36.1 Å². The number of fused-ring (bicyclic) bond motifs is 1. The summed E-state index contributed by atoms with van der Waals surface area (Å²) >= 11 is 6.11. The molecule has 2 aromatic heterocycles. The quantitative estimate of drug-likeness (QED) is 0.592. The van der Waals surface area contributed by atoms with Gasteiger partial charge in [0.1, 0.15) is 16.5 Å². The molecule has 1 aliphatic carbocycles. The molecule has 3 nitrogen and oxygen atoms in total. The third-order valence-electron chi connectivity index (χ3n) is 4.67. The molecular formula is C18H22ClN3. The Bertz CT molecular complexity index is 703. The highest BCUT2D eigenvalue weighted by Crippen LogP contribution is 2.37. The topological polar surface area (TPSA) is 30.7 Å². The average Bonchev–Trinajstić information content (AvgIpc) is 2.87. The summed E-state index contributed by atoms with van der Waals surface area (Å²) in [5, 5.41) is 0.532. The summed E-state index contributed by atoms with van der Waals surface area (Å²) < 4.78 is 2.40.